The van der Waals surface area contributed by atoms with E-state index < -0.39 is 5.60 Å². The van der Waals surface area contributed by atoms with Crippen molar-refractivity contribution >= 4 is 11.6 Å². The van der Waals surface area contributed by atoms with Gasteiger partial charge in [-0.25, -0.2) is 0 Å². The van der Waals surface area contributed by atoms with E-state index in [2.05, 4.69) is 0 Å². The third-order valence-electron chi connectivity index (χ3n) is 2.90. The van der Waals surface area contributed by atoms with Crippen molar-refractivity contribution in [2.24, 2.45) is 0 Å². The third kappa shape index (κ3) is 2.82. The Morgan fingerprint density at radius 1 is 1.28 bits per heavy atom. The van der Waals surface area contributed by atoms with Crippen molar-refractivity contribution in [2.75, 3.05) is 19.1 Å². The SMILES string of the molecule is COc1cc(C)c(N(C)C(=O)C(C)(C)O)cc1C. The lowest BCUT2D eigenvalue weighted by Crippen LogP contribution is -2.43. The van der Waals surface area contributed by atoms with Gasteiger partial charge in [0.1, 0.15) is 11.4 Å². The number of aryl methyl sites for hydroxylation is 2. The molecular weight excluding hydrogens is 230 g/mol. The Balaban J connectivity index is 3.19. The topological polar surface area (TPSA) is 49.8 Å². The minimum atomic E-state index is -1.38. The van der Waals surface area contributed by atoms with E-state index in [4.69, 9.17) is 4.74 Å². The van der Waals surface area contributed by atoms with E-state index in [1.54, 1.807) is 14.2 Å². The van der Waals surface area contributed by atoms with Crippen LogP contribution in [0.25, 0.3) is 0 Å². The molecule has 0 aliphatic heterocycles. The molecule has 1 aromatic rings. The van der Waals surface area contributed by atoms with E-state index in [0.29, 0.717) is 0 Å². The van der Waals surface area contributed by atoms with Crippen LogP contribution >= 0.6 is 0 Å². The largest absolute Gasteiger partial charge is 0.496 e. The quantitative estimate of drug-likeness (QED) is 0.894. The molecule has 0 atom stereocenters. The van der Waals surface area contributed by atoms with Crippen LogP contribution in [0, 0.1) is 13.8 Å². The number of hydrogen-bond acceptors (Lipinski definition) is 3. The number of rotatable bonds is 3. The fourth-order valence-corrected chi connectivity index (χ4v) is 1.88. The molecule has 100 valence electrons. The molecule has 4 nitrogen and oxygen atoms in total. The van der Waals surface area contributed by atoms with Gasteiger partial charge in [-0.15, -0.1) is 0 Å². The van der Waals surface area contributed by atoms with E-state index in [0.717, 1.165) is 22.6 Å². The van der Waals surface area contributed by atoms with Crippen LogP contribution in [0.15, 0.2) is 12.1 Å². The normalized spacial score (nSPS) is 11.3. The average molecular weight is 251 g/mol. The molecule has 1 aromatic carbocycles. The zero-order chi connectivity index (χ0) is 14.1. The van der Waals surface area contributed by atoms with Gasteiger partial charge in [-0.1, -0.05) is 0 Å². The number of benzene rings is 1. The Kier molecular flexibility index (Phi) is 4.02. The van der Waals surface area contributed by atoms with Gasteiger partial charge in [0.05, 0.1) is 7.11 Å². The van der Waals surface area contributed by atoms with Gasteiger partial charge < -0.3 is 14.7 Å². The second-order valence-electron chi connectivity index (χ2n) is 5.03. The molecule has 0 heterocycles. The zero-order valence-electron chi connectivity index (χ0n) is 11.9. The first-order valence-electron chi connectivity index (χ1n) is 5.84. The van der Waals surface area contributed by atoms with E-state index in [1.165, 1.54) is 18.7 Å². The maximum Gasteiger partial charge on any atom is 0.258 e. The van der Waals surface area contributed by atoms with Crippen molar-refractivity contribution < 1.29 is 14.6 Å². The maximum atomic E-state index is 12.0. The minimum absolute atomic E-state index is 0.338. The molecule has 18 heavy (non-hydrogen) atoms. The molecule has 0 spiro atoms. The fraction of sp³-hybridized carbons (Fsp3) is 0.500. The van der Waals surface area contributed by atoms with Gasteiger partial charge in [0.25, 0.3) is 5.91 Å². The highest BCUT2D eigenvalue weighted by molar-refractivity contribution is 5.99. The van der Waals surface area contributed by atoms with E-state index in [1.807, 2.05) is 26.0 Å². The summed E-state index contributed by atoms with van der Waals surface area (Å²) >= 11 is 0. The predicted octanol–water partition coefficient (Wildman–Crippen LogP) is 2.05. The Morgan fingerprint density at radius 2 is 1.83 bits per heavy atom. The van der Waals surface area contributed by atoms with Crippen molar-refractivity contribution in [3.05, 3.63) is 23.3 Å². The molecule has 0 aromatic heterocycles. The van der Waals surface area contributed by atoms with Gasteiger partial charge in [-0.05, 0) is 51.0 Å². The summed E-state index contributed by atoms with van der Waals surface area (Å²) in [5.74, 6) is 0.454. The van der Waals surface area contributed by atoms with Crippen LogP contribution in [0.2, 0.25) is 0 Å². The standard InChI is InChI=1S/C14H21NO3/c1-9-8-12(18-6)10(2)7-11(9)15(5)13(16)14(3,4)17/h7-8,17H,1-6H3. The number of ether oxygens (including phenoxy) is 1. The van der Waals surface area contributed by atoms with Gasteiger partial charge in [-0.2, -0.15) is 0 Å². The highest BCUT2D eigenvalue weighted by Crippen LogP contribution is 2.29. The Morgan fingerprint density at radius 3 is 2.28 bits per heavy atom. The second kappa shape index (κ2) is 4.98. The third-order valence-corrected chi connectivity index (χ3v) is 2.90. The van der Waals surface area contributed by atoms with Crippen molar-refractivity contribution in [3.63, 3.8) is 0 Å². The van der Waals surface area contributed by atoms with Crippen molar-refractivity contribution in [2.45, 2.75) is 33.3 Å². The van der Waals surface area contributed by atoms with Crippen LogP contribution in [0.1, 0.15) is 25.0 Å². The lowest BCUT2D eigenvalue weighted by Gasteiger charge is -2.27. The van der Waals surface area contributed by atoms with Crippen LogP contribution in [-0.2, 0) is 4.79 Å². The maximum absolute atomic E-state index is 12.0. The van der Waals surface area contributed by atoms with Gasteiger partial charge in [0.15, 0.2) is 0 Å². The van der Waals surface area contributed by atoms with Crippen LogP contribution in [0.3, 0.4) is 0 Å². The number of amides is 1. The smallest absolute Gasteiger partial charge is 0.258 e. The van der Waals surface area contributed by atoms with Gasteiger partial charge in [-0.3, -0.25) is 4.79 Å². The van der Waals surface area contributed by atoms with Gasteiger partial charge >= 0.3 is 0 Å². The monoisotopic (exact) mass is 251 g/mol. The molecule has 1 N–H and O–H groups in total. The summed E-state index contributed by atoms with van der Waals surface area (Å²) in [6.45, 7) is 6.80. The lowest BCUT2D eigenvalue weighted by molar-refractivity contribution is -0.133. The Labute approximate surface area is 108 Å². The number of likely N-dealkylation sites (N-methyl/N-ethyl adjacent to an activating group) is 1. The Bertz CT molecular complexity index is 461. The molecule has 0 radical (unpaired) electrons. The van der Waals surface area contributed by atoms with E-state index in [-0.39, 0.29) is 5.91 Å². The number of anilines is 1. The molecule has 4 heteroatoms. The predicted molar refractivity (Wildman–Crippen MR) is 72.2 cm³/mol. The summed E-state index contributed by atoms with van der Waals surface area (Å²) < 4.78 is 5.24. The van der Waals surface area contributed by atoms with E-state index >= 15 is 0 Å². The average Bonchev–Trinajstić information content (AvgIpc) is 2.28. The highest BCUT2D eigenvalue weighted by atomic mass is 16.5. The van der Waals surface area contributed by atoms with Crippen LogP contribution in [0.5, 0.6) is 5.75 Å². The molecule has 1 rings (SSSR count). The zero-order valence-corrected chi connectivity index (χ0v) is 11.9. The first-order chi connectivity index (χ1) is 8.18. The summed E-state index contributed by atoms with van der Waals surface area (Å²) in [6.07, 6.45) is 0. The second-order valence-corrected chi connectivity index (χ2v) is 5.03. The van der Waals surface area contributed by atoms with Gasteiger partial charge in [0.2, 0.25) is 0 Å². The number of nitrogens with zero attached hydrogens (tertiary/aromatic N) is 1. The number of hydrogen-bond donors (Lipinski definition) is 1. The fourth-order valence-electron chi connectivity index (χ4n) is 1.88. The minimum Gasteiger partial charge on any atom is -0.496 e. The van der Waals surface area contributed by atoms with Crippen molar-refractivity contribution in [1.82, 2.24) is 0 Å². The molecule has 0 saturated carbocycles. The van der Waals surface area contributed by atoms with Crippen molar-refractivity contribution in [1.29, 1.82) is 0 Å². The summed E-state index contributed by atoms with van der Waals surface area (Å²) in [4.78, 5) is 13.5. The molecule has 0 aliphatic carbocycles. The summed E-state index contributed by atoms with van der Waals surface area (Å²) in [7, 11) is 3.28. The van der Waals surface area contributed by atoms with Crippen LogP contribution in [-0.4, -0.2) is 30.8 Å². The molecule has 0 bridgehead atoms. The number of carbonyl (C=O) groups is 1. The first-order valence-corrected chi connectivity index (χ1v) is 5.84. The van der Waals surface area contributed by atoms with Crippen molar-refractivity contribution in [3.8, 4) is 5.75 Å². The lowest BCUT2D eigenvalue weighted by atomic mass is 10.1. The van der Waals surface area contributed by atoms with Crippen LogP contribution < -0.4 is 9.64 Å². The molecular formula is C14H21NO3. The summed E-state index contributed by atoms with van der Waals surface area (Å²) in [5, 5.41) is 9.76. The van der Waals surface area contributed by atoms with Gasteiger partial charge in [0, 0.05) is 12.7 Å². The van der Waals surface area contributed by atoms with Crippen LogP contribution in [0.4, 0.5) is 5.69 Å². The molecule has 0 fully saturated rings. The molecule has 1 amide bonds. The first kappa shape index (κ1) is 14.5. The molecule has 0 saturated heterocycles. The molecule has 0 unspecified atom stereocenters. The highest BCUT2D eigenvalue weighted by Gasteiger charge is 2.28. The number of carbonyl (C=O) groups excluding carboxylic acids is 1. The Hall–Kier alpha value is -1.55. The summed E-state index contributed by atoms with van der Waals surface area (Å²) in [5.41, 5.74) is 1.28. The van der Waals surface area contributed by atoms with E-state index in [9.17, 15) is 9.90 Å². The molecule has 0 aliphatic rings. The summed E-state index contributed by atoms with van der Waals surface area (Å²) in [6, 6.07) is 3.77. The number of aliphatic hydroxyl groups is 1. The number of methoxy groups -OCH3 is 1.